The van der Waals surface area contributed by atoms with Crippen molar-refractivity contribution in [2.24, 2.45) is 10.9 Å². The lowest BCUT2D eigenvalue weighted by atomic mass is 10.1. The topological polar surface area (TPSA) is 81.0 Å². The van der Waals surface area contributed by atoms with E-state index in [1.54, 1.807) is 13.8 Å². The summed E-state index contributed by atoms with van der Waals surface area (Å²) in [6.45, 7) is 5.27. The molecule has 0 unspecified atom stereocenters. The second-order valence-electron chi connectivity index (χ2n) is 4.58. The number of hydrogen-bond acceptors (Lipinski definition) is 4. The van der Waals surface area contributed by atoms with E-state index in [-0.39, 0.29) is 5.84 Å². The first-order valence-corrected chi connectivity index (χ1v) is 5.61. The zero-order valence-electron chi connectivity index (χ0n) is 10.6. The summed E-state index contributed by atoms with van der Waals surface area (Å²) in [6, 6.07) is 7.57. The first-order chi connectivity index (χ1) is 8.45. The van der Waals surface area contributed by atoms with Crippen molar-refractivity contribution >= 4 is 16.8 Å². The van der Waals surface area contributed by atoms with Crippen LogP contribution in [0.2, 0.25) is 0 Å². The van der Waals surface area contributed by atoms with Gasteiger partial charge in [0.25, 0.3) is 0 Å². The Hall–Kier alpha value is -2.17. The van der Waals surface area contributed by atoms with Gasteiger partial charge >= 0.3 is 0 Å². The quantitative estimate of drug-likeness (QED) is 0.378. The van der Waals surface area contributed by atoms with Crippen molar-refractivity contribution in [2.75, 3.05) is 0 Å². The van der Waals surface area contributed by atoms with Crippen LogP contribution in [-0.4, -0.2) is 16.6 Å². The molecule has 1 aromatic carbocycles. The van der Waals surface area contributed by atoms with E-state index in [1.165, 1.54) is 0 Å². The van der Waals surface area contributed by atoms with Gasteiger partial charge in [0, 0.05) is 0 Å². The van der Waals surface area contributed by atoms with E-state index in [4.69, 9.17) is 20.1 Å². The standard InChI is InChI=1S/C13H16N2O3/c1-8-11(18-13(2,3)12(14)15-16)9-6-4-5-7-10(9)17-8/h4-7,16H,1-3H3,(H2,14,15). The molecule has 0 saturated heterocycles. The number of para-hydroxylation sites is 1. The molecule has 5 nitrogen and oxygen atoms in total. The van der Waals surface area contributed by atoms with E-state index in [0.717, 1.165) is 11.0 Å². The Labute approximate surface area is 105 Å². The Morgan fingerprint density at radius 2 is 2.06 bits per heavy atom. The van der Waals surface area contributed by atoms with Crippen molar-refractivity contribution < 1.29 is 14.4 Å². The minimum absolute atomic E-state index is 0.00665. The van der Waals surface area contributed by atoms with E-state index in [9.17, 15) is 0 Å². The fraction of sp³-hybridized carbons (Fsp3) is 0.308. The van der Waals surface area contributed by atoms with Crippen molar-refractivity contribution in [2.45, 2.75) is 26.4 Å². The second kappa shape index (κ2) is 4.25. The van der Waals surface area contributed by atoms with Gasteiger partial charge in [-0.15, -0.1) is 0 Å². The molecule has 0 aliphatic rings. The minimum Gasteiger partial charge on any atom is -0.476 e. The van der Waals surface area contributed by atoms with Crippen molar-refractivity contribution in [1.82, 2.24) is 0 Å². The summed E-state index contributed by atoms with van der Waals surface area (Å²) >= 11 is 0. The molecular formula is C13H16N2O3. The van der Waals surface area contributed by atoms with Gasteiger partial charge in [0.05, 0.1) is 5.39 Å². The molecule has 1 aromatic heterocycles. The van der Waals surface area contributed by atoms with Crippen LogP contribution in [0.4, 0.5) is 0 Å². The van der Waals surface area contributed by atoms with E-state index in [0.29, 0.717) is 11.5 Å². The van der Waals surface area contributed by atoms with Gasteiger partial charge in [-0.3, -0.25) is 0 Å². The van der Waals surface area contributed by atoms with Gasteiger partial charge in [-0.05, 0) is 32.9 Å². The first kappa shape index (κ1) is 12.3. The normalized spacial score (nSPS) is 12.9. The highest BCUT2D eigenvalue weighted by atomic mass is 16.5. The molecule has 0 aliphatic heterocycles. The summed E-state index contributed by atoms with van der Waals surface area (Å²) in [6.07, 6.45) is 0. The molecule has 0 atom stereocenters. The Morgan fingerprint density at radius 1 is 1.39 bits per heavy atom. The third-order valence-electron chi connectivity index (χ3n) is 2.80. The van der Waals surface area contributed by atoms with Crippen molar-refractivity contribution in [3.63, 3.8) is 0 Å². The summed E-state index contributed by atoms with van der Waals surface area (Å²) in [7, 11) is 0. The molecule has 0 amide bonds. The zero-order valence-corrected chi connectivity index (χ0v) is 10.6. The van der Waals surface area contributed by atoms with Crippen LogP contribution in [0.5, 0.6) is 5.75 Å². The van der Waals surface area contributed by atoms with Crippen molar-refractivity contribution in [1.29, 1.82) is 0 Å². The van der Waals surface area contributed by atoms with Crippen LogP contribution in [0, 0.1) is 6.92 Å². The molecule has 18 heavy (non-hydrogen) atoms. The largest absolute Gasteiger partial charge is 0.476 e. The second-order valence-corrected chi connectivity index (χ2v) is 4.58. The third kappa shape index (κ3) is 1.99. The molecule has 0 aliphatic carbocycles. The summed E-state index contributed by atoms with van der Waals surface area (Å²) in [5.41, 5.74) is 5.45. The smallest absolute Gasteiger partial charge is 0.182 e. The lowest BCUT2D eigenvalue weighted by Crippen LogP contribution is -2.43. The fourth-order valence-electron chi connectivity index (χ4n) is 1.70. The molecule has 0 saturated carbocycles. The summed E-state index contributed by atoms with van der Waals surface area (Å²) < 4.78 is 11.4. The van der Waals surface area contributed by atoms with Gasteiger partial charge in [-0.25, -0.2) is 0 Å². The van der Waals surface area contributed by atoms with Crippen LogP contribution >= 0.6 is 0 Å². The Bertz CT molecular complexity index is 599. The summed E-state index contributed by atoms with van der Waals surface area (Å²) in [5, 5.41) is 12.6. The van der Waals surface area contributed by atoms with Crippen LogP contribution in [0.3, 0.4) is 0 Å². The summed E-state index contributed by atoms with van der Waals surface area (Å²) in [5.74, 6) is 1.28. The minimum atomic E-state index is -0.911. The Balaban J connectivity index is 2.46. The van der Waals surface area contributed by atoms with Crippen molar-refractivity contribution in [3.8, 4) is 5.75 Å². The molecular weight excluding hydrogens is 232 g/mol. The average Bonchev–Trinajstić information content (AvgIpc) is 2.65. The van der Waals surface area contributed by atoms with E-state index in [2.05, 4.69) is 5.16 Å². The molecule has 0 fully saturated rings. The number of nitrogens with two attached hydrogens (primary N) is 1. The zero-order chi connectivity index (χ0) is 13.3. The lowest BCUT2D eigenvalue weighted by Gasteiger charge is -2.24. The molecule has 0 spiro atoms. The molecule has 2 aromatic rings. The number of nitrogens with zero attached hydrogens (tertiary/aromatic N) is 1. The van der Waals surface area contributed by atoms with Gasteiger partial charge < -0.3 is 20.1 Å². The molecule has 96 valence electrons. The Kier molecular flexibility index (Phi) is 2.90. The number of amidine groups is 1. The van der Waals surface area contributed by atoms with Crippen LogP contribution < -0.4 is 10.5 Å². The van der Waals surface area contributed by atoms with Gasteiger partial charge in [0.1, 0.15) is 11.3 Å². The van der Waals surface area contributed by atoms with Crippen LogP contribution in [0.25, 0.3) is 11.0 Å². The van der Waals surface area contributed by atoms with Gasteiger partial charge in [0.15, 0.2) is 17.2 Å². The number of ether oxygens (including phenoxy) is 1. The number of hydrogen-bond donors (Lipinski definition) is 2. The highest BCUT2D eigenvalue weighted by Crippen LogP contribution is 2.34. The number of fused-ring (bicyclic) bond motifs is 1. The highest BCUT2D eigenvalue weighted by Gasteiger charge is 2.28. The maximum absolute atomic E-state index is 8.74. The highest BCUT2D eigenvalue weighted by molar-refractivity contribution is 5.90. The SMILES string of the molecule is Cc1oc2ccccc2c1OC(C)(C)C(N)=NO. The average molecular weight is 248 g/mol. The number of oxime groups is 1. The monoisotopic (exact) mass is 248 g/mol. The maximum atomic E-state index is 8.74. The number of furan rings is 1. The third-order valence-corrected chi connectivity index (χ3v) is 2.80. The Morgan fingerprint density at radius 3 is 2.72 bits per heavy atom. The molecule has 1 heterocycles. The number of rotatable bonds is 3. The first-order valence-electron chi connectivity index (χ1n) is 5.61. The van der Waals surface area contributed by atoms with Gasteiger partial charge in [-0.1, -0.05) is 17.3 Å². The van der Waals surface area contributed by atoms with Gasteiger partial charge in [0.2, 0.25) is 0 Å². The van der Waals surface area contributed by atoms with E-state index in [1.807, 2.05) is 31.2 Å². The number of benzene rings is 1. The molecule has 2 rings (SSSR count). The molecule has 0 radical (unpaired) electrons. The lowest BCUT2D eigenvalue weighted by molar-refractivity contribution is 0.172. The predicted octanol–water partition coefficient (Wildman–Crippen LogP) is 2.65. The van der Waals surface area contributed by atoms with E-state index >= 15 is 0 Å². The van der Waals surface area contributed by atoms with Gasteiger partial charge in [-0.2, -0.15) is 0 Å². The fourth-order valence-corrected chi connectivity index (χ4v) is 1.70. The number of aryl methyl sites for hydroxylation is 1. The molecule has 0 bridgehead atoms. The van der Waals surface area contributed by atoms with Crippen LogP contribution in [0.15, 0.2) is 33.8 Å². The predicted molar refractivity (Wildman–Crippen MR) is 69.1 cm³/mol. The maximum Gasteiger partial charge on any atom is 0.182 e. The summed E-state index contributed by atoms with van der Waals surface area (Å²) in [4.78, 5) is 0. The van der Waals surface area contributed by atoms with Crippen LogP contribution in [0.1, 0.15) is 19.6 Å². The van der Waals surface area contributed by atoms with Crippen molar-refractivity contribution in [3.05, 3.63) is 30.0 Å². The van der Waals surface area contributed by atoms with E-state index < -0.39 is 5.60 Å². The molecule has 3 N–H and O–H groups in total. The molecule has 5 heteroatoms. The van der Waals surface area contributed by atoms with Crippen LogP contribution in [-0.2, 0) is 0 Å².